The van der Waals surface area contributed by atoms with Gasteiger partial charge in [0, 0.05) is 16.9 Å². The first-order valence-corrected chi connectivity index (χ1v) is 8.84. The second-order valence-electron chi connectivity index (χ2n) is 6.14. The monoisotopic (exact) mass is 379 g/mol. The molecule has 6 heteroatoms. The predicted octanol–water partition coefficient (Wildman–Crippen LogP) is 3.67. The van der Waals surface area contributed by atoms with E-state index in [9.17, 15) is 14.7 Å². The van der Waals surface area contributed by atoms with Gasteiger partial charge < -0.3 is 14.6 Å². The predicted molar refractivity (Wildman–Crippen MR) is 106 cm³/mol. The number of amides is 1. The van der Waals surface area contributed by atoms with Crippen LogP contribution >= 0.6 is 0 Å². The van der Waals surface area contributed by atoms with Gasteiger partial charge in [0.15, 0.2) is 0 Å². The van der Waals surface area contributed by atoms with E-state index in [1.807, 2.05) is 6.92 Å². The maximum Gasteiger partial charge on any atom is 0.340 e. The molecule has 2 aromatic carbocycles. The van der Waals surface area contributed by atoms with E-state index in [1.165, 1.54) is 24.2 Å². The van der Waals surface area contributed by atoms with E-state index < -0.39 is 5.97 Å². The van der Waals surface area contributed by atoms with Gasteiger partial charge >= 0.3 is 5.97 Å². The van der Waals surface area contributed by atoms with Crippen LogP contribution < -0.4 is 9.64 Å². The van der Waals surface area contributed by atoms with Gasteiger partial charge in [0.25, 0.3) is 5.91 Å². The van der Waals surface area contributed by atoms with Crippen molar-refractivity contribution in [1.82, 2.24) is 0 Å². The van der Waals surface area contributed by atoms with Crippen molar-refractivity contribution in [3.63, 3.8) is 0 Å². The summed E-state index contributed by atoms with van der Waals surface area (Å²) in [5.41, 5.74) is 1.84. The Bertz CT molecular complexity index is 973. The molecule has 0 aliphatic carbocycles. The number of benzene rings is 2. The highest BCUT2D eigenvalue weighted by molar-refractivity contribution is 6.23. The van der Waals surface area contributed by atoms with Gasteiger partial charge in [-0.3, -0.25) is 9.69 Å². The van der Waals surface area contributed by atoms with Crippen LogP contribution in [0.3, 0.4) is 0 Å². The number of anilines is 1. The van der Waals surface area contributed by atoms with Gasteiger partial charge in [-0.05, 0) is 50.3 Å². The number of carbonyl (C=O) groups excluding carboxylic acids is 2. The zero-order valence-corrected chi connectivity index (χ0v) is 15.9. The molecule has 0 aromatic heterocycles. The number of allylic oxidation sites excluding steroid dienone is 1. The fourth-order valence-corrected chi connectivity index (χ4v) is 3.11. The number of nitrogens with zero attached hydrogens (tertiary/aromatic N) is 1. The molecule has 1 N–H and O–H groups in total. The summed E-state index contributed by atoms with van der Waals surface area (Å²) in [5.74, 6) is -0.270. The van der Waals surface area contributed by atoms with Gasteiger partial charge in [-0.15, -0.1) is 0 Å². The van der Waals surface area contributed by atoms with Gasteiger partial charge in [-0.2, -0.15) is 0 Å². The van der Waals surface area contributed by atoms with E-state index in [4.69, 9.17) is 9.47 Å². The Morgan fingerprint density at radius 3 is 2.43 bits per heavy atom. The third kappa shape index (κ3) is 3.49. The number of ether oxygens (including phenoxy) is 2. The van der Waals surface area contributed by atoms with Crippen molar-refractivity contribution in [2.75, 3.05) is 18.6 Å². The SMILES string of the molecule is CCOc1ccc(N2C(=O)/C(=C\c3ccccc3O)C(C(=O)OC)=C2C)cc1. The molecule has 0 unspecified atom stereocenters. The molecular formula is C22H21NO5. The molecule has 1 aliphatic heterocycles. The third-order valence-electron chi connectivity index (χ3n) is 4.43. The Hall–Kier alpha value is -3.54. The number of methoxy groups -OCH3 is 1. The normalized spacial score (nSPS) is 15.3. The lowest BCUT2D eigenvalue weighted by Crippen LogP contribution is -2.24. The van der Waals surface area contributed by atoms with Crippen molar-refractivity contribution in [3.8, 4) is 11.5 Å². The van der Waals surface area contributed by atoms with E-state index in [0.29, 0.717) is 29.3 Å². The summed E-state index contributed by atoms with van der Waals surface area (Å²) in [4.78, 5) is 27.0. The van der Waals surface area contributed by atoms with Crippen LogP contribution in [0, 0.1) is 0 Å². The second kappa shape index (κ2) is 8.00. The lowest BCUT2D eigenvalue weighted by Gasteiger charge is -2.18. The zero-order chi connectivity index (χ0) is 20.3. The first-order chi connectivity index (χ1) is 13.5. The molecule has 0 radical (unpaired) electrons. The topological polar surface area (TPSA) is 76.1 Å². The van der Waals surface area contributed by atoms with Crippen LogP contribution in [0.5, 0.6) is 11.5 Å². The average Bonchev–Trinajstić information content (AvgIpc) is 2.94. The molecule has 1 amide bonds. The quantitative estimate of drug-likeness (QED) is 0.634. The first-order valence-electron chi connectivity index (χ1n) is 8.84. The van der Waals surface area contributed by atoms with E-state index in [2.05, 4.69) is 0 Å². The molecule has 1 aliphatic rings. The van der Waals surface area contributed by atoms with Gasteiger partial charge in [-0.25, -0.2) is 4.79 Å². The fourth-order valence-electron chi connectivity index (χ4n) is 3.11. The van der Waals surface area contributed by atoms with Crippen molar-refractivity contribution in [1.29, 1.82) is 0 Å². The van der Waals surface area contributed by atoms with Crippen LogP contribution in [0.1, 0.15) is 19.4 Å². The number of hydrogen-bond donors (Lipinski definition) is 1. The van der Waals surface area contributed by atoms with E-state index in [0.717, 1.165) is 0 Å². The minimum Gasteiger partial charge on any atom is -0.507 e. The molecule has 0 saturated carbocycles. The van der Waals surface area contributed by atoms with Crippen molar-refractivity contribution in [2.24, 2.45) is 0 Å². The largest absolute Gasteiger partial charge is 0.507 e. The molecule has 0 bridgehead atoms. The summed E-state index contributed by atoms with van der Waals surface area (Å²) in [7, 11) is 1.27. The zero-order valence-electron chi connectivity index (χ0n) is 15.9. The van der Waals surface area contributed by atoms with E-state index in [-0.39, 0.29) is 22.8 Å². The molecule has 6 nitrogen and oxygen atoms in total. The molecule has 28 heavy (non-hydrogen) atoms. The summed E-state index contributed by atoms with van der Waals surface area (Å²) < 4.78 is 10.3. The maximum absolute atomic E-state index is 13.2. The minimum absolute atomic E-state index is 0.0178. The second-order valence-corrected chi connectivity index (χ2v) is 6.14. The highest BCUT2D eigenvalue weighted by Gasteiger charge is 2.38. The molecule has 0 atom stereocenters. The van der Waals surface area contributed by atoms with Crippen LogP contribution in [0.4, 0.5) is 5.69 Å². The summed E-state index contributed by atoms with van der Waals surface area (Å²) >= 11 is 0. The lowest BCUT2D eigenvalue weighted by molar-refractivity contribution is -0.136. The van der Waals surface area contributed by atoms with Crippen molar-refractivity contribution >= 4 is 23.6 Å². The molecule has 0 saturated heterocycles. The smallest absolute Gasteiger partial charge is 0.340 e. The van der Waals surface area contributed by atoms with Crippen LogP contribution in [0.2, 0.25) is 0 Å². The van der Waals surface area contributed by atoms with Gasteiger partial charge in [0.2, 0.25) is 0 Å². The Morgan fingerprint density at radius 2 is 1.82 bits per heavy atom. The van der Waals surface area contributed by atoms with Crippen LogP contribution in [-0.2, 0) is 14.3 Å². The number of esters is 1. The summed E-state index contributed by atoms with van der Waals surface area (Å²) in [6.07, 6.45) is 1.50. The molecular weight excluding hydrogens is 358 g/mol. The van der Waals surface area contributed by atoms with Crippen LogP contribution in [0.15, 0.2) is 65.4 Å². The van der Waals surface area contributed by atoms with Crippen molar-refractivity contribution in [3.05, 3.63) is 70.9 Å². The van der Waals surface area contributed by atoms with Gasteiger partial charge in [0.1, 0.15) is 11.5 Å². The van der Waals surface area contributed by atoms with Crippen molar-refractivity contribution in [2.45, 2.75) is 13.8 Å². The number of para-hydroxylation sites is 1. The number of aromatic hydroxyl groups is 1. The molecule has 2 aromatic rings. The molecule has 0 fully saturated rings. The van der Waals surface area contributed by atoms with E-state index in [1.54, 1.807) is 49.4 Å². The first kappa shape index (κ1) is 19.2. The summed E-state index contributed by atoms with van der Waals surface area (Å²) in [6.45, 7) is 4.12. The number of carbonyl (C=O) groups is 2. The number of hydrogen-bond acceptors (Lipinski definition) is 5. The number of rotatable bonds is 5. The Morgan fingerprint density at radius 1 is 1.14 bits per heavy atom. The molecule has 3 rings (SSSR count). The molecule has 144 valence electrons. The minimum atomic E-state index is -0.610. The van der Waals surface area contributed by atoms with Gasteiger partial charge in [0.05, 0.1) is 24.9 Å². The highest BCUT2D eigenvalue weighted by atomic mass is 16.5. The average molecular weight is 379 g/mol. The standard InChI is InChI=1S/C22H21NO5/c1-4-28-17-11-9-16(10-12-17)23-14(2)20(22(26)27-3)18(21(23)25)13-15-7-5-6-8-19(15)24/h5-13,24H,4H2,1-3H3/b18-13-. The summed E-state index contributed by atoms with van der Waals surface area (Å²) in [6, 6.07) is 13.6. The van der Waals surface area contributed by atoms with Crippen LogP contribution in [-0.4, -0.2) is 30.7 Å². The Labute approximate surface area is 163 Å². The van der Waals surface area contributed by atoms with E-state index >= 15 is 0 Å². The lowest BCUT2D eigenvalue weighted by atomic mass is 10.0. The van der Waals surface area contributed by atoms with Crippen LogP contribution in [0.25, 0.3) is 6.08 Å². The Balaban J connectivity index is 2.09. The molecule has 0 spiro atoms. The van der Waals surface area contributed by atoms with Gasteiger partial charge in [-0.1, -0.05) is 18.2 Å². The number of phenols is 1. The fraction of sp³-hybridized carbons (Fsp3) is 0.182. The third-order valence-corrected chi connectivity index (χ3v) is 4.43. The number of phenolic OH excluding ortho intramolecular Hbond substituents is 1. The molecule has 1 heterocycles. The Kier molecular flexibility index (Phi) is 5.49. The highest BCUT2D eigenvalue weighted by Crippen LogP contribution is 2.36. The summed E-state index contributed by atoms with van der Waals surface area (Å²) in [5, 5.41) is 10.1. The maximum atomic E-state index is 13.2. The van der Waals surface area contributed by atoms with Crippen molar-refractivity contribution < 1.29 is 24.2 Å².